The van der Waals surface area contributed by atoms with Crippen LogP contribution in [0.4, 0.5) is 0 Å². The molecule has 0 radical (unpaired) electrons. The molecule has 7 heteroatoms. The van der Waals surface area contributed by atoms with Gasteiger partial charge < -0.3 is 14.7 Å². The zero-order chi connectivity index (χ0) is 22.1. The summed E-state index contributed by atoms with van der Waals surface area (Å²) in [6.07, 6.45) is 6.16. The van der Waals surface area contributed by atoms with Crippen LogP contribution >= 0.6 is 0 Å². The highest BCUT2D eigenvalue weighted by atomic mass is 16.2. The number of piperazine rings is 1. The molecule has 2 fully saturated rings. The van der Waals surface area contributed by atoms with E-state index in [2.05, 4.69) is 21.7 Å². The zero-order valence-electron chi connectivity index (χ0n) is 19.3. The van der Waals surface area contributed by atoms with E-state index in [1.165, 1.54) is 0 Å². The van der Waals surface area contributed by atoms with Crippen LogP contribution in [0.2, 0.25) is 0 Å². The summed E-state index contributed by atoms with van der Waals surface area (Å²) < 4.78 is 0. The Balaban J connectivity index is 1.36. The van der Waals surface area contributed by atoms with Gasteiger partial charge in [0, 0.05) is 77.6 Å². The van der Waals surface area contributed by atoms with E-state index in [1.807, 2.05) is 35.0 Å². The normalized spacial score (nSPS) is 20.6. The third kappa shape index (κ3) is 7.58. The molecule has 31 heavy (non-hydrogen) atoms. The Kier molecular flexibility index (Phi) is 9.28. The summed E-state index contributed by atoms with van der Waals surface area (Å²) in [5.41, 5.74) is 1.01. The summed E-state index contributed by atoms with van der Waals surface area (Å²) in [7, 11) is 1.88. The molecular weight excluding hydrogens is 390 g/mol. The first-order valence-electron chi connectivity index (χ1n) is 11.9. The number of amides is 2. The zero-order valence-corrected chi connectivity index (χ0v) is 19.3. The highest BCUT2D eigenvalue weighted by Crippen LogP contribution is 2.22. The van der Waals surface area contributed by atoms with Gasteiger partial charge in [0.05, 0.1) is 6.54 Å². The van der Waals surface area contributed by atoms with Gasteiger partial charge in [-0.15, -0.1) is 0 Å². The van der Waals surface area contributed by atoms with Gasteiger partial charge in [-0.2, -0.15) is 0 Å². The molecule has 1 atom stereocenters. The maximum Gasteiger partial charge on any atom is 0.236 e. The van der Waals surface area contributed by atoms with E-state index >= 15 is 0 Å². The van der Waals surface area contributed by atoms with Crippen molar-refractivity contribution in [1.82, 2.24) is 24.6 Å². The lowest BCUT2D eigenvalue weighted by atomic mass is 9.93. The highest BCUT2D eigenvalue weighted by molar-refractivity contribution is 5.78. The van der Waals surface area contributed by atoms with Crippen molar-refractivity contribution in [1.29, 1.82) is 0 Å². The minimum Gasteiger partial charge on any atom is -0.345 e. The van der Waals surface area contributed by atoms with Gasteiger partial charge in [-0.25, -0.2) is 0 Å². The molecule has 0 saturated carbocycles. The Morgan fingerprint density at radius 3 is 2.61 bits per heavy atom. The van der Waals surface area contributed by atoms with Crippen molar-refractivity contribution < 1.29 is 9.59 Å². The number of likely N-dealkylation sites (N-methyl/N-ethyl adjacent to an activating group) is 2. The number of aromatic nitrogens is 1. The average molecular weight is 430 g/mol. The number of hydrogen-bond acceptors (Lipinski definition) is 5. The van der Waals surface area contributed by atoms with Crippen LogP contribution in [0.1, 0.15) is 38.3 Å². The number of likely N-dealkylation sites (tertiary alicyclic amines) is 1. The Hall–Kier alpha value is -1.99. The molecule has 172 valence electrons. The Labute approximate surface area is 187 Å². The van der Waals surface area contributed by atoms with E-state index in [-0.39, 0.29) is 11.8 Å². The number of carbonyl (C=O) groups is 2. The molecule has 0 aromatic carbocycles. The van der Waals surface area contributed by atoms with Gasteiger partial charge in [0.2, 0.25) is 11.8 Å². The molecule has 3 heterocycles. The lowest BCUT2D eigenvalue weighted by Gasteiger charge is -2.37. The van der Waals surface area contributed by atoms with Crippen molar-refractivity contribution in [2.75, 3.05) is 66.0 Å². The van der Waals surface area contributed by atoms with Gasteiger partial charge in [-0.1, -0.05) is 13.0 Å². The maximum atomic E-state index is 12.8. The summed E-state index contributed by atoms with van der Waals surface area (Å²) in [5, 5.41) is 0. The number of pyridine rings is 1. The molecule has 0 N–H and O–H groups in total. The topological polar surface area (TPSA) is 60.0 Å². The first kappa shape index (κ1) is 23.7. The molecule has 7 nitrogen and oxygen atoms in total. The molecule has 2 amide bonds. The average Bonchev–Trinajstić information content (AvgIpc) is 2.82. The number of hydrogen-bond donors (Lipinski definition) is 0. The molecule has 0 bridgehead atoms. The van der Waals surface area contributed by atoms with Crippen LogP contribution in [-0.2, 0) is 16.0 Å². The van der Waals surface area contributed by atoms with E-state index in [4.69, 9.17) is 0 Å². The molecule has 1 aromatic rings. The van der Waals surface area contributed by atoms with E-state index in [1.54, 1.807) is 6.20 Å². The number of carbonyl (C=O) groups excluding carboxylic acids is 2. The maximum absolute atomic E-state index is 12.8. The number of nitrogens with zero attached hydrogens (tertiary/aromatic N) is 5. The Morgan fingerprint density at radius 1 is 1.13 bits per heavy atom. The number of rotatable bonds is 9. The Bertz CT molecular complexity index is 690. The monoisotopic (exact) mass is 429 g/mol. The van der Waals surface area contributed by atoms with Crippen LogP contribution < -0.4 is 0 Å². The number of piperidine rings is 1. The highest BCUT2D eigenvalue weighted by Gasteiger charge is 2.26. The largest absolute Gasteiger partial charge is 0.345 e. The summed E-state index contributed by atoms with van der Waals surface area (Å²) in [5.74, 6) is 0.879. The van der Waals surface area contributed by atoms with Crippen molar-refractivity contribution in [2.24, 2.45) is 5.92 Å². The second-order valence-corrected chi connectivity index (χ2v) is 8.98. The van der Waals surface area contributed by atoms with E-state index in [0.717, 1.165) is 77.2 Å². The molecule has 0 spiro atoms. The van der Waals surface area contributed by atoms with Crippen LogP contribution in [-0.4, -0.2) is 102 Å². The van der Waals surface area contributed by atoms with E-state index in [9.17, 15) is 9.59 Å². The predicted octanol–water partition coefficient (Wildman–Crippen LogP) is 1.74. The standard InChI is InChI=1S/C24H39N5O2/c1-3-27-15-17-28(18-16-27)20-24(31)29-13-6-7-21(19-29)9-10-23(30)26(2)14-11-22-8-4-5-12-25-22/h4-5,8,12,21H,3,6-7,9-11,13-20H2,1-2H3/t21-/m1/s1. The lowest BCUT2D eigenvalue weighted by molar-refractivity contribution is -0.134. The van der Waals surface area contributed by atoms with Crippen LogP contribution in [0.25, 0.3) is 0 Å². The van der Waals surface area contributed by atoms with Crippen LogP contribution in [0.5, 0.6) is 0 Å². The van der Waals surface area contributed by atoms with Gasteiger partial charge in [0.25, 0.3) is 0 Å². The molecule has 2 aliphatic heterocycles. The molecular formula is C24H39N5O2. The summed E-state index contributed by atoms with van der Waals surface area (Å²) in [4.78, 5) is 38.3. The molecule has 2 saturated heterocycles. The molecule has 2 aliphatic rings. The third-order valence-corrected chi connectivity index (χ3v) is 6.76. The van der Waals surface area contributed by atoms with E-state index < -0.39 is 0 Å². The van der Waals surface area contributed by atoms with Crippen molar-refractivity contribution in [2.45, 2.75) is 39.0 Å². The minimum absolute atomic E-state index is 0.188. The first-order chi connectivity index (χ1) is 15.0. The molecule has 1 aromatic heterocycles. The van der Waals surface area contributed by atoms with Gasteiger partial charge in [0.1, 0.15) is 0 Å². The fourth-order valence-electron chi connectivity index (χ4n) is 4.55. The molecule has 0 aliphatic carbocycles. The van der Waals surface area contributed by atoms with Gasteiger partial charge >= 0.3 is 0 Å². The van der Waals surface area contributed by atoms with Crippen molar-refractivity contribution in [3.8, 4) is 0 Å². The fourth-order valence-corrected chi connectivity index (χ4v) is 4.55. The summed E-state index contributed by atoms with van der Waals surface area (Å²) in [6, 6.07) is 5.88. The quantitative estimate of drug-likeness (QED) is 0.598. The van der Waals surface area contributed by atoms with Crippen molar-refractivity contribution in [3.63, 3.8) is 0 Å². The van der Waals surface area contributed by atoms with Crippen molar-refractivity contribution in [3.05, 3.63) is 30.1 Å². The van der Waals surface area contributed by atoms with Gasteiger partial charge in [-0.3, -0.25) is 19.5 Å². The summed E-state index contributed by atoms with van der Waals surface area (Å²) in [6.45, 7) is 10.3. The smallest absolute Gasteiger partial charge is 0.236 e. The van der Waals surface area contributed by atoms with Gasteiger partial charge in [0.15, 0.2) is 0 Å². The lowest BCUT2D eigenvalue weighted by Crippen LogP contribution is -2.51. The van der Waals surface area contributed by atoms with Crippen molar-refractivity contribution >= 4 is 11.8 Å². The van der Waals surface area contributed by atoms with E-state index in [0.29, 0.717) is 25.4 Å². The SMILES string of the molecule is CCN1CCN(CC(=O)N2CCC[C@H](CCC(=O)N(C)CCc3ccccn3)C2)CC1. The second-order valence-electron chi connectivity index (χ2n) is 8.98. The first-order valence-corrected chi connectivity index (χ1v) is 11.9. The molecule has 3 rings (SSSR count). The summed E-state index contributed by atoms with van der Waals surface area (Å²) >= 11 is 0. The van der Waals surface area contributed by atoms with Crippen LogP contribution in [0.15, 0.2) is 24.4 Å². The molecule has 0 unspecified atom stereocenters. The third-order valence-electron chi connectivity index (χ3n) is 6.76. The van der Waals surface area contributed by atoms with Gasteiger partial charge in [-0.05, 0) is 43.9 Å². The van der Waals surface area contributed by atoms with Crippen LogP contribution in [0, 0.1) is 5.92 Å². The minimum atomic E-state index is 0.188. The van der Waals surface area contributed by atoms with Crippen LogP contribution in [0.3, 0.4) is 0 Å². The predicted molar refractivity (Wildman–Crippen MR) is 123 cm³/mol. The Morgan fingerprint density at radius 2 is 1.90 bits per heavy atom. The fraction of sp³-hybridized carbons (Fsp3) is 0.708. The second kappa shape index (κ2) is 12.2.